The van der Waals surface area contributed by atoms with E-state index in [4.69, 9.17) is 21.3 Å². The molecular weight excluding hydrogens is 537 g/mol. The first-order valence-electron chi connectivity index (χ1n) is 12.5. The van der Waals surface area contributed by atoms with Gasteiger partial charge in [0.15, 0.2) is 0 Å². The van der Waals surface area contributed by atoms with E-state index in [0.29, 0.717) is 28.4 Å². The van der Waals surface area contributed by atoms with Crippen molar-refractivity contribution in [1.29, 1.82) is 5.26 Å². The molecule has 4 heterocycles. The van der Waals surface area contributed by atoms with Crippen molar-refractivity contribution < 1.29 is 13.9 Å². The summed E-state index contributed by atoms with van der Waals surface area (Å²) in [5, 5.41) is 12.8. The van der Waals surface area contributed by atoms with Crippen LogP contribution in [-0.2, 0) is 10.5 Å². The Morgan fingerprint density at radius 1 is 1.25 bits per heavy atom. The molecule has 10 nitrogen and oxygen atoms in total. The Balaban J connectivity index is 1.83. The van der Waals surface area contributed by atoms with Gasteiger partial charge in [0, 0.05) is 24.5 Å². The van der Waals surface area contributed by atoms with Gasteiger partial charge in [-0.25, -0.2) is 9.38 Å². The molecule has 1 amide bonds. The number of halogens is 2. The van der Waals surface area contributed by atoms with Gasteiger partial charge in [0.2, 0.25) is 11.7 Å². The Morgan fingerprint density at radius 3 is 2.62 bits per heavy atom. The lowest BCUT2D eigenvalue weighted by Gasteiger charge is -2.40. The van der Waals surface area contributed by atoms with Crippen LogP contribution in [0.5, 0.6) is 0 Å². The van der Waals surface area contributed by atoms with Crippen molar-refractivity contribution in [2.75, 3.05) is 26.1 Å². The number of aromatic amines is 1. The standard InChI is InChI=1S/C28H27ClFN7O3/c1-15(2)36-22(28(35(3)4)33-9-8-23(34-28)40-5)12-19-25(36)24(16-6-7-17(13-31)20(30)10-16)37(27(19)39)21-11-18(29)14-32-26(21)38/h6-12,14-15,24,33H,1-5H3,(H,32,38). The predicted molar refractivity (Wildman–Crippen MR) is 149 cm³/mol. The van der Waals surface area contributed by atoms with E-state index in [9.17, 15) is 19.2 Å². The third-order valence-corrected chi connectivity index (χ3v) is 7.31. The molecule has 0 saturated heterocycles. The van der Waals surface area contributed by atoms with E-state index in [1.54, 1.807) is 24.4 Å². The number of hydrogen-bond donors (Lipinski definition) is 2. The summed E-state index contributed by atoms with van der Waals surface area (Å²) in [6.07, 6.45) is 4.75. The van der Waals surface area contributed by atoms with Gasteiger partial charge in [-0.2, -0.15) is 5.26 Å². The Bertz CT molecular complexity index is 1680. The maximum atomic E-state index is 15.0. The molecule has 2 N–H and O–H groups in total. The van der Waals surface area contributed by atoms with Crippen molar-refractivity contribution in [2.45, 2.75) is 31.7 Å². The monoisotopic (exact) mass is 563 g/mol. The number of fused-ring (bicyclic) bond motifs is 1. The molecule has 0 radical (unpaired) electrons. The number of aromatic nitrogens is 2. The molecule has 1 aromatic carbocycles. The summed E-state index contributed by atoms with van der Waals surface area (Å²) >= 11 is 6.22. The number of carbonyl (C=O) groups excluding carboxylic acids is 1. The lowest BCUT2D eigenvalue weighted by Crippen LogP contribution is -2.53. The smallest absolute Gasteiger partial charge is 0.272 e. The van der Waals surface area contributed by atoms with Gasteiger partial charge in [-0.15, -0.1) is 0 Å². The highest BCUT2D eigenvalue weighted by Crippen LogP contribution is 2.46. The quantitative estimate of drug-likeness (QED) is 0.484. The summed E-state index contributed by atoms with van der Waals surface area (Å²) in [5.74, 6) is -1.96. The third-order valence-electron chi connectivity index (χ3n) is 7.09. The first-order valence-corrected chi connectivity index (χ1v) is 12.8. The number of H-pyrrole nitrogens is 1. The van der Waals surface area contributed by atoms with Crippen LogP contribution in [0.3, 0.4) is 0 Å². The van der Waals surface area contributed by atoms with Crippen LogP contribution < -0.4 is 15.8 Å². The molecule has 0 spiro atoms. The minimum absolute atomic E-state index is 0.0149. The zero-order chi connectivity index (χ0) is 28.9. The van der Waals surface area contributed by atoms with Gasteiger partial charge >= 0.3 is 0 Å². The second-order valence-corrected chi connectivity index (χ2v) is 10.4. The number of pyridine rings is 1. The Hall–Kier alpha value is -4.40. The first kappa shape index (κ1) is 27.2. The molecule has 2 aromatic heterocycles. The van der Waals surface area contributed by atoms with Gasteiger partial charge in [0.25, 0.3) is 11.5 Å². The molecular formula is C28H27ClFN7O3. The average molecular weight is 564 g/mol. The molecule has 0 fully saturated rings. The van der Waals surface area contributed by atoms with Crippen LogP contribution in [0, 0.1) is 17.1 Å². The lowest BCUT2D eigenvalue weighted by atomic mass is 10.0. The fourth-order valence-electron chi connectivity index (χ4n) is 5.32. The number of rotatable bonds is 5. The number of nitrogens with one attached hydrogen (secondary N) is 2. The van der Waals surface area contributed by atoms with Gasteiger partial charge in [0.05, 0.1) is 34.6 Å². The van der Waals surface area contributed by atoms with Crippen LogP contribution in [0.2, 0.25) is 5.02 Å². The summed E-state index contributed by atoms with van der Waals surface area (Å²) in [4.78, 5) is 37.7. The van der Waals surface area contributed by atoms with Crippen molar-refractivity contribution in [3.05, 3.63) is 98.1 Å². The van der Waals surface area contributed by atoms with Crippen LogP contribution in [0.1, 0.15) is 58.8 Å². The van der Waals surface area contributed by atoms with Gasteiger partial charge in [-0.1, -0.05) is 17.7 Å². The molecule has 2 aliphatic heterocycles. The van der Waals surface area contributed by atoms with Crippen molar-refractivity contribution in [3.8, 4) is 6.07 Å². The second kappa shape index (κ2) is 9.97. The van der Waals surface area contributed by atoms with Crippen LogP contribution in [0.25, 0.3) is 0 Å². The maximum absolute atomic E-state index is 15.0. The molecule has 2 atom stereocenters. The molecule has 12 heteroatoms. The fourth-order valence-corrected chi connectivity index (χ4v) is 5.48. The molecule has 5 rings (SSSR count). The van der Waals surface area contributed by atoms with E-state index in [1.165, 1.54) is 36.4 Å². The largest absolute Gasteiger partial charge is 0.481 e. The average Bonchev–Trinajstić information content (AvgIpc) is 3.45. The second-order valence-electron chi connectivity index (χ2n) is 9.95. The highest BCUT2D eigenvalue weighted by molar-refractivity contribution is 6.30. The number of benzene rings is 1. The topological polar surface area (TPSA) is 119 Å². The normalized spacial score (nSPS) is 20.0. The molecule has 40 heavy (non-hydrogen) atoms. The zero-order valence-electron chi connectivity index (χ0n) is 22.5. The highest BCUT2D eigenvalue weighted by atomic mass is 35.5. The van der Waals surface area contributed by atoms with Crippen molar-refractivity contribution in [1.82, 2.24) is 19.8 Å². The number of hydrogen-bond acceptors (Lipinski definition) is 7. The molecule has 206 valence electrons. The minimum Gasteiger partial charge on any atom is -0.481 e. The Labute approximate surface area is 234 Å². The molecule has 0 bridgehead atoms. The van der Waals surface area contributed by atoms with E-state index in [0.717, 1.165) is 0 Å². The number of ether oxygens (including phenoxy) is 1. The third kappa shape index (κ3) is 4.08. The zero-order valence-corrected chi connectivity index (χ0v) is 23.2. The van der Waals surface area contributed by atoms with E-state index < -0.39 is 29.1 Å². The number of methoxy groups -OCH3 is 1. The van der Waals surface area contributed by atoms with Gasteiger partial charge in [0.1, 0.15) is 23.6 Å². The van der Waals surface area contributed by atoms with Crippen LogP contribution in [-0.4, -0.2) is 47.5 Å². The first-order chi connectivity index (χ1) is 19.0. The number of carbonyl (C=O) groups is 1. The number of nitrogens with zero attached hydrogens (tertiary/aromatic N) is 5. The van der Waals surface area contributed by atoms with E-state index in [-0.39, 0.29) is 22.3 Å². The molecule has 0 saturated carbocycles. The number of anilines is 1. The highest BCUT2D eigenvalue weighted by Gasteiger charge is 2.48. The van der Waals surface area contributed by atoms with E-state index in [1.807, 2.05) is 43.5 Å². The van der Waals surface area contributed by atoms with E-state index in [2.05, 4.69) is 10.3 Å². The Morgan fingerprint density at radius 2 is 2.00 bits per heavy atom. The maximum Gasteiger partial charge on any atom is 0.272 e. The molecule has 2 unspecified atom stereocenters. The van der Waals surface area contributed by atoms with Gasteiger partial charge < -0.3 is 19.6 Å². The minimum atomic E-state index is -1.15. The number of aliphatic imine (C=N–C) groups is 1. The van der Waals surface area contributed by atoms with Crippen LogP contribution >= 0.6 is 11.6 Å². The van der Waals surface area contributed by atoms with Crippen molar-refractivity contribution >= 4 is 29.1 Å². The van der Waals surface area contributed by atoms with Crippen molar-refractivity contribution in [2.24, 2.45) is 4.99 Å². The lowest BCUT2D eigenvalue weighted by molar-refractivity contribution is 0.0991. The summed E-state index contributed by atoms with van der Waals surface area (Å²) in [6, 6.07) is 8.03. The Kier molecular flexibility index (Phi) is 6.77. The summed E-state index contributed by atoms with van der Waals surface area (Å²) < 4.78 is 22.4. The fraction of sp³-hybridized carbons (Fsp3) is 0.286. The van der Waals surface area contributed by atoms with Gasteiger partial charge in [-0.05, 0) is 57.8 Å². The van der Waals surface area contributed by atoms with Crippen molar-refractivity contribution in [3.63, 3.8) is 0 Å². The van der Waals surface area contributed by atoms with Crippen LogP contribution in [0.4, 0.5) is 10.1 Å². The predicted octanol–water partition coefficient (Wildman–Crippen LogP) is 4.00. The summed E-state index contributed by atoms with van der Waals surface area (Å²) in [5.41, 5.74) is 1.24. The molecule has 3 aromatic rings. The van der Waals surface area contributed by atoms with E-state index >= 15 is 0 Å². The number of nitriles is 1. The number of amides is 1. The SMILES string of the molecule is COC1=NC(c2cc3c(n2C(C)C)C(c2ccc(C#N)c(F)c2)N(c2cc(Cl)c[nH]c2=O)C3=O)(N(C)C)NC=C1. The summed E-state index contributed by atoms with van der Waals surface area (Å²) in [6.45, 7) is 3.92. The van der Waals surface area contributed by atoms with Crippen LogP contribution in [0.15, 0.2) is 58.6 Å². The molecule has 0 aliphatic carbocycles. The van der Waals surface area contributed by atoms with Gasteiger partial charge in [-0.3, -0.25) is 19.4 Å². The summed E-state index contributed by atoms with van der Waals surface area (Å²) in [7, 11) is 5.22. The molecule has 2 aliphatic rings.